The second-order valence-electron chi connectivity index (χ2n) is 3.28. The normalized spacial score (nSPS) is 11.9. The molecule has 1 N–H and O–H groups in total. The Balaban J connectivity index is 2.03. The van der Waals surface area contributed by atoms with Gasteiger partial charge in [0.15, 0.2) is 0 Å². The van der Waals surface area contributed by atoms with Gasteiger partial charge in [-0.05, 0) is 12.5 Å². The molecule has 16 heavy (non-hydrogen) atoms. The first-order valence-electron chi connectivity index (χ1n) is 4.56. The molecule has 0 aliphatic carbocycles. The molecule has 4 nitrogen and oxygen atoms in total. The van der Waals surface area contributed by atoms with Gasteiger partial charge < -0.3 is 4.52 Å². The summed E-state index contributed by atoms with van der Waals surface area (Å²) in [5, 5.41) is 10.0. The third-order valence-corrected chi connectivity index (χ3v) is 2.01. The first kappa shape index (κ1) is 10.7. The molecule has 7 heteroatoms. The molecule has 86 valence electrons. The lowest BCUT2D eigenvalue weighted by Gasteiger charge is -2.03. The van der Waals surface area contributed by atoms with Crippen molar-refractivity contribution < 1.29 is 17.7 Å². The molecule has 0 radical (unpaired) electrons. The minimum absolute atomic E-state index is 0.117. The first-order valence-corrected chi connectivity index (χ1v) is 4.56. The zero-order valence-corrected chi connectivity index (χ0v) is 8.08. The van der Waals surface area contributed by atoms with Gasteiger partial charge in [0, 0.05) is 18.2 Å². The Bertz CT molecular complexity index is 447. The number of halogens is 3. The Morgan fingerprint density at radius 2 is 2.12 bits per heavy atom. The molecule has 0 aromatic carbocycles. The van der Waals surface area contributed by atoms with Crippen molar-refractivity contribution in [2.75, 3.05) is 0 Å². The summed E-state index contributed by atoms with van der Waals surface area (Å²) < 4.78 is 40.5. The van der Waals surface area contributed by atoms with Crippen molar-refractivity contribution in [1.29, 1.82) is 0 Å². The van der Waals surface area contributed by atoms with Crippen molar-refractivity contribution in [2.45, 2.75) is 19.0 Å². The molecule has 0 aliphatic rings. The third-order valence-electron chi connectivity index (χ3n) is 2.01. The molecule has 0 atom stereocenters. The van der Waals surface area contributed by atoms with Gasteiger partial charge in [-0.25, -0.2) is 0 Å². The molecule has 0 aliphatic heterocycles. The summed E-state index contributed by atoms with van der Waals surface area (Å²) in [5.74, 6) is 0. The number of rotatable bonds is 3. The molecule has 0 saturated carbocycles. The van der Waals surface area contributed by atoms with Gasteiger partial charge in [-0.2, -0.15) is 18.3 Å². The van der Waals surface area contributed by atoms with E-state index in [4.69, 9.17) is 0 Å². The lowest BCUT2D eigenvalue weighted by Crippen LogP contribution is -2.08. The Kier molecular flexibility index (Phi) is 2.67. The summed E-state index contributed by atoms with van der Waals surface area (Å²) in [4.78, 5) is 0. The van der Waals surface area contributed by atoms with Crippen molar-refractivity contribution in [3.8, 4) is 11.4 Å². The number of aryl methyl sites for hydroxylation is 1. The van der Waals surface area contributed by atoms with E-state index in [-0.39, 0.29) is 6.42 Å². The van der Waals surface area contributed by atoms with Gasteiger partial charge in [-0.3, -0.25) is 5.10 Å². The van der Waals surface area contributed by atoms with Crippen LogP contribution in [0, 0.1) is 0 Å². The molecule has 0 unspecified atom stereocenters. The summed E-state index contributed by atoms with van der Waals surface area (Å²) in [6.45, 7) is 0. The van der Waals surface area contributed by atoms with Crippen LogP contribution in [0.5, 0.6) is 0 Å². The van der Waals surface area contributed by atoms with Gasteiger partial charge in [0.25, 0.3) is 0 Å². The van der Waals surface area contributed by atoms with Crippen molar-refractivity contribution in [1.82, 2.24) is 15.4 Å². The molecule has 0 spiro atoms. The summed E-state index contributed by atoms with van der Waals surface area (Å²) in [6.07, 6.45) is -3.76. The van der Waals surface area contributed by atoms with E-state index in [1.54, 1.807) is 6.07 Å². The van der Waals surface area contributed by atoms with Crippen LogP contribution < -0.4 is 0 Å². The Labute approximate surface area is 88.4 Å². The van der Waals surface area contributed by atoms with E-state index in [1.807, 2.05) is 0 Å². The van der Waals surface area contributed by atoms with Crippen LogP contribution in [0.25, 0.3) is 11.4 Å². The smallest absolute Gasteiger partial charge is 0.364 e. The summed E-state index contributed by atoms with van der Waals surface area (Å²) >= 11 is 0. The number of hydrogen-bond acceptors (Lipinski definition) is 3. The molecule has 0 bridgehead atoms. The molecule has 0 saturated heterocycles. The average Bonchev–Trinajstić information content (AvgIpc) is 2.84. The Morgan fingerprint density at radius 3 is 2.75 bits per heavy atom. The number of hydrogen-bond donors (Lipinski definition) is 1. The predicted molar refractivity (Wildman–Crippen MR) is 48.5 cm³/mol. The van der Waals surface area contributed by atoms with E-state index in [0.717, 1.165) is 0 Å². The Hall–Kier alpha value is -1.79. The average molecular weight is 231 g/mol. The second kappa shape index (κ2) is 3.99. The highest BCUT2D eigenvalue weighted by atomic mass is 19.4. The lowest BCUT2D eigenvalue weighted by molar-refractivity contribution is -0.134. The molecule has 2 heterocycles. The quantitative estimate of drug-likeness (QED) is 0.883. The van der Waals surface area contributed by atoms with Crippen LogP contribution in [-0.4, -0.2) is 21.5 Å². The fourth-order valence-corrected chi connectivity index (χ4v) is 1.24. The Morgan fingerprint density at radius 1 is 1.31 bits per heavy atom. The highest BCUT2D eigenvalue weighted by molar-refractivity contribution is 5.52. The van der Waals surface area contributed by atoms with Gasteiger partial charge in [0.1, 0.15) is 17.7 Å². The number of aromatic nitrogens is 3. The van der Waals surface area contributed by atoms with Crippen LogP contribution in [0.1, 0.15) is 12.1 Å². The van der Waals surface area contributed by atoms with Gasteiger partial charge in [-0.1, -0.05) is 5.16 Å². The SMILES string of the molecule is FC(F)(F)CCc1cc(-c2ccon2)n[nH]1. The van der Waals surface area contributed by atoms with E-state index in [0.29, 0.717) is 17.1 Å². The van der Waals surface area contributed by atoms with Crippen molar-refractivity contribution >= 4 is 0 Å². The molecule has 2 aromatic rings. The monoisotopic (exact) mass is 231 g/mol. The van der Waals surface area contributed by atoms with Crippen LogP contribution in [0.15, 0.2) is 22.9 Å². The van der Waals surface area contributed by atoms with Crippen LogP contribution in [0.4, 0.5) is 13.2 Å². The molecule has 2 rings (SSSR count). The van der Waals surface area contributed by atoms with E-state index < -0.39 is 12.6 Å². The standard InChI is InChI=1S/C9H8F3N3O/c10-9(11,12)3-1-6-5-8(14-13-6)7-2-4-16-15-7/h2,4-5H,1,3H2,(H,13,14). The van der Waals surface area contributed by atoms with Crippen LogP contribution >= 0.6 is 0 Å². The summed E-state index contributed by atoms with van der Waals surface area (Å²) in [6, 6.07) is 3.12. The highest BCUT2D eigenvalue weighted by Gasteiger charge is 2.26. The van der Waals surface area contributed by atoms with Crippen molar-refractivity contribution in [3.63, 3.8) is 0 Å². The molecular weight excluding hydrogens is 223 g/mol. The molecule has 0 fully saturated rings. The highest BCUT2D eigenvalue weighted by Crippen LogP contribution is 2.22. The number of aromatic amines is 1. The first-order chi connectivity index (χ1) is 7.54. The minimum Gasteiger partial charge on any atom is -0.364 e. The topological polar surface area (TPSA) is 54.7 Å². The zero-order chi connectivity index (χ0) is 11.6. The molecular formula is C9H8F3N3O. The van der Waals surface area contributed by atoms with Crippen molar-refractivity contribution in [3.05, 3.63) is 24.1 Å². The summed E-state index contributed by atoms with van der Waals surface area (Å²) in [7, 11) is 0. The van der Waals surface area contributed by atoms with Crippen LogP contribution in [0.2, 0.25) is 0 Å². The van der Waals surface area contributed by atoms with E-state index in [9.17, 15) is 13.2 Å². The molecule has 0 amide bonds. The predicted octanol–water partition coefficient (Wildman–Crippen LogP) is 2.56. The summed E-state index contributed by atoms with van der Waals surface area (Å²) in [5.41, 5.74) is 1.40. The van der Waals surface area contributed by atoms with Gasteiger partial charge >= 0.3 is 6.18 Å². The number of H-pyrrole nitrogens is 1. The van der Waals surface area contributed by atoms with Crippen LogP contribution in [0.3, 0.4) is 0 Å². The zero-order valence-electron chi connectivity index (χ0n) is 8.08. The minimum atomic E-state index is -4.15. The van der Waals surface area contributed by atoms with Crippen molar-refractivity contribution in [2.24, 2.45) is 0 Å². The number of alkyl halides is 3. The van der Waals surface area contributed by atoms with E-state index in [2.05, 4.69) is 19.9 Å². The fourth-order valence-electron chi connectivity index (χ4n) is 1.24. The maximum atomic E-state index is 12.0. The number of nitrogens with one attached hydrogen (secondary N) is 1. The van der Waals surface area contributed by atoms with E-state index >= 15 is 0 Å². The maximum absolute atomic E-state index is 12.0. The second-order valence-corrected chi connectivity index (χ2v) is 3.28. The van der Waals surface area contributed by atoms with Gasteiger partial charge in [-0.15, -0.1) is 0 Å². The van der Waals surface area contributed by atoms with E-state index in [1.165, 1.54) is 12.3 Å². The van der Waals surface area contributed by atoms with Gasteiger partial charge in [0.05, 0.1) is 0 Å². The third kappa shape index (κ3) is 2.62. The molecule has 2 aromatic heterocycles. The lowest BCUT2D eigenvalue weighted by atomic mass is 10.2. The number of nitrogens with zero attached hydrogens (tertiary/aromatic N) is 2. The largest absolute Gasteiger partial charge is 0.389 e. The fraction of sp³-hybridized carbons (Fsp3) is 0.333. The maximum Gasteiger partial charge on any atom is 0.389 e. The van der Waals surface area contributed by atoms with Gasteiger partial charge in [0.2, 0.25) is 0 Å². The van der Waals surface area contributed by atoms with Crippen LogP contribution in [-0.2, 0) is 6.42 Å².